The summed E-state index contributed by atoms with van der Waals surface area (Å²) >= 11 is 0. The molecule has 0 fully saturated rings. The molecular weight excluding hydrogens is 222 g/mol. The van der Waals surface area contributed by atoms with Crippen LogP contribution < -0.4 is 9.47 Å². The molecular formula is C12H9NO4. The van der Waals surface area contributed by atoms with Gasteiger partial charge in [-0.25, -0.2) is 0 Å². The highest BCUT2D eigenvalue weighted by atomic mass is 16.7. The number of hydrogen-bond acceptors (Lipinski definition) is 5. The third kappa shape index (κ3) is 1.43. The second-order valence-corrected chi connectivity index (χ2v) is 3.95. The molecule has 0 N–H and O–H groups in total. The maximum Gasteiger partial charge on any atom is 0.231 e. The largest absolute Gasteiger partial charge is 0.454 e. The van der Waals surface area contributed by atoms with Crippen molar-refractivity contribution < 1.29 is 19.1 Å². The normalized spacial score (nSPS) is 20.3. The number of fused-ring (bicyclic) bond motifs is 2. The fraction of sp³-hybridized carbons (Fsp3) is 0.250. The topological polar surface area (TPSA) is 65.0 Å². The van der Waals surface area contributed by atoms with Crippen LogP contribution in [0.2, 0.25) is 0 Å². The first-order valence-corrected chi connectivity index (χ1v) is 5.19. The molecule has 2 heterocycles. The van der Waals surface area contributed by atoms with Gasteiger partial charge in [0.2, 0.25) is 6.79 Å². The molecule has 2 aliphatic rings. The predicted molar refractivity (Wildman–Crippen MR) is 59.2 cm³/mol. The van der Waals surface area contributed by atoms with Crippen LogP contribution >= 0.6 is 0 Å². The highest BCUT2D eigenvalue weighted by Crippen LogP contribution is 2.40. The van der Waals surface area contributed by atoms with Crippen molar-refractivity contribution in [3.05, 3.63) is 17.7 Å². The summed E-state index contributed by atoms with van der Waals surface area (Å²) in [5.41, 5.74) is 0.939. The fourth-order valence-electron chi connectivity index (χ4n) is 1.92. The standard InChI is InChI=1S/C12H9NO4/c1-6(14)8-4-13-9-3-11-10(16-5-17-11)2-7(9)12(8)15/h2-4,8H,5H2,1H3. The van der Waals surface area contributed by atoms with E-state index in [1.165, 1.54) is 13.1 Å². The van der Waals surface area contributed by atoms with Crippen molar-refractivity contribution in [3.8, 4) is 11.5 Å². The molecule has 86 valence electrons. The lowest BCUT2D eigenvalue weighted by Gasteiger charge is -2.15. The zero-order chi connectivity index (χ0) is 12.0. The lowest BCUT2D eigenvalue weighted by molar-refractivity contribution is -0.117. The molecule has 0 saturated heterocycles. The summed E-state index contributed by atoms with van der Waals surface area (Å²) in [7, 11) is 0. The molecule has 0 spiro atoms. The molecule has 3 rings (SSSR count). The van der Waals surface area contributed by atoms with Gasteiger partial charge in [-0.3, -0.25) is 14.6 Å². The summed E-state index contributed by atoms with van der Waals surface area (Å²) < 4.78 is 10.4. The Bertz CT molecular complexity index is 562. The lowest BCUT2D eigenvalue weighted by Crippen LogP contribution is -2.25. The van der Waals surface area contributed by atoms with Crippen molar-refractivity contribution in [2.45, 2.75) is 6.92 Å². The van der Waals surface area contributed by atoms with E-state index in [0.717, 1.165) is 0 Å². The van der Waals surface area contributed by atoms with Gasteiger partial charge in [-0.15, -0.1) is 0 Å². The molecule has 2 aliphatic heterocycles. The molecule has 1 atom stereocenters. The third-order valence-electron chi connectivity index (χ3n) is 2.84. The van der Waals surface area contributed by atoms with Gasteiger partial charge in [-0.2, -0.15) is 0 Å². The number of hydrogen-bond donors (Lipinski definition) is 0. The van der Waals surface area contributed by atoms with Crippen LogP contribution in [-0.2, 0) is 4.79 Å². The fourth-order valence-corrected chi connectivity index (χ4v) is 1.92. The Hall–Kier alpha value is -2.17. The Morgan fingerprint density at radius 2 is 2.06 bits per heavy atom. The minimum Gasteiger partial charge on any atom is -0.454 e. The number of ether oxygens (including phenoxy) is 2. The average Bonchev–Trinajstić information content (AvgIpc) is 2.73. The van der Waals surface area contributed by atoms with Crippen LogP contribution in [0.3, 0.4) is 0 Å². The van der Waals surface area contributed by atoms with Gasteiger partial charge in [0, 0.05) is 17.8 Å². The van der Waals surface area contributed by atoms with E-state index < -0.39 is 5.92 Å². The quantitative estimate of drug-likeness (QED) is 0.687. The van der Waals surface area contributed by atoms with Gasteiger partial charge in [0.15, 0.2) is 17.3 Å². The van der Waals surface area contributed by atoms with Crippen LogP contribution in [-0.4, -0.2) is 24.6 Å². The summed E-state index contributed by atoms with van der Waals surface area (Å²) in [5.74, 6) is -0.114. The van der Waals surface area contributed by atoms with Gasteiger partial charge in [0.25, 0.3) is 0 Å². The number of Topliss-reactive ketones (excluding diaryl/α,β-unsaturated/α-hetero) is 2. The van der Waals surface area contributed by atoms with E-state index in [4.69, 9.17) is 9.47 Å². The van der Waals surface area contributed by atoms with Gasteiger partial charge < -0.3 is 9.47 Å². The Kier molecular flexibility index (Phi) is 2.01. The van der Waals surface area contributed by atoms with Gasteiger partial charge in [0.1, 0.15) is 11.7 Å². The van der Waals surface area contributed by atoms with Crippen molar-refractivity contribution in [2.75, 3.05) is 6.79 Å². The lowest BCUT2D eigenvalue weighted by atomic mass is 9.92. The maximum atomic E-state index is 12.0. The van der Waals surface area contributed by atoms with Crippen LogP contribution in [0.5, 0.6) is 11.5 Å². The summed E-state index contributed by atoms with van der Waals surface area (Å²) in [6.45, 7) is 1.53. The Morgan fingerprint density at radius 3 is 2.76 bits per heavy atom. The van der Waals surface area contributed by atoms with E-state index >= 15 is 0 Å². The summed E-state index contributed by atoms with van der Waals surface area (Å²) in [4.78, 5) is 27.5. The zero-order valence-electron chi connectivity index (χ0n) is 9.10. The van der Waals surface area contributed by atoms with Crippen LogP contribution in [0.1, 0.15) is 17.3 Å². The number of ketones is 2. The predicted octanol–water partition coefficient (Wildman–Crippen LogP) is 1.52. The van der Waals surface area contributed by atoms with Crippen LogP contribution in [0.4, 0.5) is 5.69 Å². The smallest absolute Gasteiger partial charge is 0.231 e. The van der Waals surface area contributed by atoms with Crippen molar-refractivity contribution in [1.82, 2.24) is 0 Å². The van der Waals surface area contributed by atoms with Crippen LogP contribution in [0.25, 0.3) is 0 Å². The molecule has 0 bridgehead atoms. The van der Waals surface area contributed by atoms with E-state index in [2.05, 4.69) is 4.99 Å². The summed E-state index contributed by atoms with van der Waals surface area (Å²) in [6.07, 6.45) is 1.38. The molecule has 0 radical (unpaired) electrons. The van der Waals surface area contributed by atoms with Crippen molar-refractivity contribution in [2.24, 2.45) is 10.9 Å². The van der Waals surface area contributed by atoms with E-state index in [9.17, 15) is 9.59 Å². The molecule has 0 saturated carbocycles. The molecule has 5 heteroatoms. The van der Waals surface area contributed by atoms with E-state index in [1.807, 2.05) is 0 Å². The molecule has 0 aromatic heterocycles. The summed E-state index contributed by atoms with van der Waals surface area (Å²) in [6, 6.07) is 3.24. The number of carbonyl (C=O) groups excluding carboxylic acids is 2. The van der Waals surface area contributed by atoms with Gasteiger partial charge in [0.05, 0.1) is 5.69 Å². The molecule has 1 unspecified atom stereocenters. The van der Waals surface area contributed by atoms with Gasteiger partial charge in [-0.05, 0) is 13.0 Å². The van der Waals surface area contributed by atoms with E-state index in [-0.39, 0.29) is 18.4 Å². The second-order valence-electron chi connectivity index (χ2n) is 3.95. The zero-order valence-corrected chi connectivity index (χ0v) is 9.10. The number of rotatable bonds is 1. The third-order valence-corrected chi connectivity index (χ3v) is 2.84. The molecule has 1 aromatic carbocycles. The SMILES string of the molecule is CC(=O)C1C=Nc2cc3c(cc2C1=O)OCO3. The van der Waals surface area contributed by atoms with E-state index in [0.29, 0.717) is 22.7 Å². The molecule has 17 heavy (non-hydrogen) atoms. The number of carbonyl (C=O) groups is 2. The molecule has 1 aromatic rings. The molecule has 0 amide bonds. The van der Waals surface area contributed by atoms with Crippen molar-refractivity contribution >= 4 is 23.5 Å². The first kappa shape index (κ1) is 10.0. The number of nitrogens with zero attached hydrogens (tertiary/aromatic N) is 1. The molecule has 5 nitrogen and oxygen atoms in total. The monoisotopic (exact) mass is 231 g/mol. The summed E-state index contributed by atoms with van der Waals surface area (Å²) in [5, 5.41) is 0. The van der Waals surface area contributed by atoms with E-state index in [1.54, 1.807) is 12.1 Å². The van der Waals surface area contributed by atoms with Crippen molar-refractivity contribution in [1.29, 1.82) is 0 Å². The van der Waals surface area contributed by atoms with Gasteiger partial charge >= 0.3 is 0 Å². The Labute approximate surface area is 97.1 Å². The number of aliphatic imine (C=N–C) groups is 1. The number of benzene rings is 1. The average molecular weight is 231 g/mol. The first-order chi connectivity index (χ1) is 8.16. The molecule has 0 aliphatic carbocycles. The van der Waals surface area contributed by atoms with Crippen LogP contribution in [0, 0.1) is 5.92 Å². The van der Waals surface area contributed by atoms with Crippen molar-refractivity contribution in [3.63, 3.8) is 0 Å². The Morgan fingerprint density at radius 1 is 1.35 bits per heavy atom. The Balaban J connectivity index is 2.12. The highest BCUT2D eigenvalue weighted by Gasteiger charge is 2.30. The first-order valence-electron chi connectivity index (χ1n) is 5.19. The highest BCUT2D eigenvalue weighted by molar-refractivity contribution is 6.23. The second kappa shape index (κ2) is 3.41. The minimum atomic E-state index is -0.775. The minimum absolute atomic E-state index is 0.145. The maximum absolute atomic E-state index is 12.0. The van der Waals surface area contributed by atoms with Gasteiger partial charge in [-0.1, -0.05) is 0 Å². The van der Waals surface area contributed by atoms with Crippen LogP contribution in [0.15, 0.2) is 17.1 Å².